The van der Waals surface area contributed by atoms with Gasteiger partial charge < -0.3 is 4.74 Å². The first-order valence-electron chi connectivity index (χ1n) is 10.5. The Morgan fingerprint density at radius 1 is 0.971 bits per heavy atom. The average Bonchev–Trinajstić information content (AvgIpc) is 2.80. The third-order valence-electron chi connectivity index (χ3n) is 4.99. The van der Waals surface area contributed by atoms with Crippen molar-refractivity contribution in [3.05, 3.63) is 99.8 Å². The molecule has 0 atom stereocenters. The number of halogens is 4. The first-order valence-corrected chi connectivity index (χ1v) is 13.6. The maximum atomic E-state index is 13.2. The molecule has 5 nitrogen and oxygen atoms in total. The van der Waals surface area contributed by atoms with E-state index in [1.54, 1.807) is 12.3 Å². The van der Waals surface area contributed by atoms with Gasteiger partial charge in [0.2, 0.25) is 0 Å². The van der Waals surface area contributed by atoms with Crippen molar-refractivity contribution in [1.29, 1.82) is 0 Å². The van der Waals surface area contributed by atoms with Crippen molar-refractivity contribution in [1.82, 2.24) is 9.66 Å². The van der Waals surface area contributed by atoms with Crippen molar-refractivity contribution >= 4 is 80.8 Å². The average molecular weight is 713 g/mol. The minimum atomic E-state index is -0.196. The summed E-state index contributed by atoms with van der Waals surface area (Å²) in [5, 5.41) is 5.02. The van der Waals surface area contributed by atoms with Crippen LogP contribution in [0.25, 0.3) is 10.9 Å². The molecule has 0 radical (unpaired) electrons. The molecule has 3 aromatic carbocycles. The molecule has 0 amide bonds. The second-order valence-corrected chi connectivity index (χ2v) is 11.1. The van der Waals surface area contributed by atoms with E-state index in [-0.39, 0.29) is 5.56 Å². The van der Waals surface area contributed by atoms with Crippen LogP contribution >= 0.6 is 63.7 Å². The van der Waals surface area contributed by atoms with Crippen molar-refractivity contribution in [3.63, 3.8) is 0 Å². The van der Waals surface area contributed by atoms with Crippen molar-refractivity contribution in [2.75, 3.05) is 0 Å². The molecule has 0 bridgehead atoms. The fourth-order valence-corrected chi connectivity index (χ4v) is 5.43. The van der Waals surface area contributed by atoms with Gasteiger partial charge in [0, 0.05) is 15.4 Å². The molecule has 9 heteroatoms. The van der Waals surface area contributed by atoms with E-state index in [2.05, 4.69) is 73.8 Å². The summed E-state index contributed by atoms with van der Waals surface area (Å²) >= 11 is 14.1. The topological polar surface area (TPSA) is 56.5 Å². The Hall–Kier alpha value is -1.81. The first kappa shape index (κ1) is 25.3. The molecule has 0 unspecified atom stereocenters. The van der Waals surface area contributed by atoms with Gasteiger partial charge in [0.05, 0.1) is 26.1 Å². The van der Waals surface area contributed by atoms with E-state index in [9.17, 15) is 4.79 Å². The molecule has 1 aromatic heterocycles. The lowest BCUT2D eigenvalue weighted by atomic mass is 10.2. The predicted molar refractivity (Wildman–Crippen MR) is 151 cm³/mol. The summed E-state index contributed by atoms with van der Waals surface area (Å²) in [6, 6.07) is 17.3. The zero-order valence-corrected chi connectivity index (χ0v) is 24.4. The second kappa shape index (κ2) is 11.3. The van der Waals surface area contributed by atoms with Crippen LogP contribution in [0.3, 0.4) is 0 Å². The summed E-state index contributed by atoms with van der Waals surface area (Å²) in [6.45, 7) is 2.49. The number of hydrogen-bond acceptors (Lipinski definition) is 4. The molecule has 0 fully saturated rings. The van der Waals surface area contributed by atoms with Crippen LogP contribution in [-0.2, 0) is 13.0 Å². The Balaban J connectivity index is 1.63. The summed E-state index contributed by atoms with van der Waals surface area (Å²) in [5.41, 5.74) is 2.34. The van der Waals surface area contributed by atoms with Gasteiger partial charge in [-0.15, -0.1) is 0 Å². The summed E-state index contributed by atoms with van der Waals surface area (Å²) in [7, 11) is 0. The SMILES string of the molecule is CCCc1nc2ccc(Br)cc2c(=O)n1N=Cc1cc(Br)c(OCc2ccc(Br)cc2)c(Br)c1. The van der Waals surface area contributed by atoms with Gasteiger partial charge in [-0.2, -0.15) is 9.78 Å². The molecule has 174 valence electrons. The number of rotatable bonds is 7. The van der Waals surface area contributed by atoms with Crippen LogP contribution in [0.15, 0.2) is 82.4 Å². The van der Waals surface area contributed by atoms with Crippen molar-refractivity contribution in [3.8, 4) is 5.75 Å². The van der Waals surface area contributed by atoms with Crippen molar-refractivity contribution in [2.45, 2.75) is 26.4 Å². The number of ether oxygens (including phenoxy) is 1. The standard InChI is InChI=1S/C25H19Br4N3O2/c1-2-3-23-31-22-9-8-18(27)12-19(22)25(33)32(23)30-13-16-10-20(28)24(21(29)11-16)34-14-15-4-6-17(26)7-5-15/h4-13H,2-3,14H2,1H3. The maximum absolute atomic E-state index is 13.2. The fraction of sp³-hybridized carbons (Fsp3) is 0.160. The molecule has 0 saturated heterocycles. The van der Waals surface area contributed by atoms with E-state index < -0.39 is 0 Å². The molecule has 0 aliphatic rings. The Morgan fingerprint density at radius 3 is 2.32 bits per heavy atom. The largest absolute Gasteiger partial charge is 0.487 e. The molecule has 4 aromatic rings. The highest BCUT2D eigenvalue weighted by atomic mass is 79.9. The van der Waals surface area contributed by atoms with Crippen LogP contribution in [0.1, 0.15) is 30.3 Å². The van der Waals surface area contributed by atoms with Crippen LogP contribution in [-0.4, -0.2) is 15.9 Å². The Bertz CT molecular complexity index is 1410. The number of benzene rings is 3. The molecule has 4 rings (SSSR count). The third-order valence-corrected chi connectivity index (χ3v) is 7.19. The van der Waals surface area contributed by atoms with Gasteiger partial charge in [-0.1, -0.05) is 50.9 Å². The summed E-state index contributed by atoms with van der Waals surface area (Å²) < 4.78 is 10.8. The van der Waals surface area contributed by atoms with E-state index in [0.29, 0.717) is 35.5 Å². The van der Waals surface area contributed by atoms with E-state index in [4.69, 9.17) is 4.74 Å². The molecule has 0 saturated carbocycles. The molecule has 0 spiro atoms. The van der Waals surface area contributed by atoms with E-state index in [0.717, 1.165) is 35.4 Å². The number of hydrogen-bond donors (Lipinski definition) is 0. The molecule has 0 aliphatic carbocycles. The van der Waals surface area contributed by atoms with Gasteiger partial charge in [-0.05, 0) is 91.9 Å². The van der Waals surface area contributed by atoms with Gasteiger partial charge in [0.1, 0.15) is 18.2 Å². The van der Waals surface area contributed by atoms with Gasteiger partial charge in [-0.25, -0.2) is 4.98 Å². The van der Waals surface area contributed by atoms with Crippen molar-refractivity contribution in [2.24, 2.45) is 5.10 Å². The lowest BCUT2D eigenvalue weighted by molar-refractivity contribution is 0.302. The van der Waals surface area contributed by atoms with Gasteiger partial charge in [-0.3, -0.25) is 4.79 Å². The Labute approximate surface area is 230 Å². The highest BCUT2D eigenvalue weighted by Crippen LogP contribution is 2.35. The van der Waals surface area contributed by atoms with Gasteiger partial charge in [0.25, 0.3) is 5.56 Å². The number of aryl methyl sites for hydroxylation is 1. The Morgan fingerprint density at radius 2 is 1.65 bits per heavy atom. The molecular weight excluding hydrogens is 694 g/mol. The van der Waals surface area contributed by atoms with Crippen molar-refractivity contribution < 1.29 is 4.74 Å². The molecule has 1 heterocycles. The highest BCUT2D eigenvalue weighted by Gasteiger charge is 2.12. The molecular formula is C25H19Br4N3O2. The monoisotopic (exact) mass is 709 g/mol. The quantitative estimate of drug-likeness (QED) is 0.184. The summed E-state index contributed by atoms with van der Waals surface area (Å²) in [6.07, 6.45) is 3.15. The zero-order chi connectivity index (χ0) is 24.2. The van der Waals surface area contributed by atoms with Crippen LogP contribution in [0.5, 0.6) is 5.75 Å². The number of aromatic nitrogens is 2. The first-order chi connectivity index (χ1) is 16.4. The highest BCUT2D eigenvalue weighted by molar-refractivity contribution is 9.11. The Kier molecular flexibility index (Phi) is 8.39. The van der Waals surface area contributed by atoms with E-state index in [1.165, 1.54) is 4.68 Å². The van der Waals surface area contributed by atoms with Gasteiger partial charge in [0.15, 0.2) is 0 Å². The van der Waals surface area contributed by atoms with E-state index >= 15 is 0 Å². The lowest BCUT2D eigenvalue weighted by Crippen LogP contribution is -2.22. The number of fused-ring (bicyclic) bond motifs is 1. The maximum Gasteiger partial charge on any atom is 0.282 e. The summed E-state index contributed by atoms with van der Waals surface area (Å²) in [4.78, 5) is 17.8. The zero-order valence-electron chi connectivity index (χ0n) is 18.1. The molecule has 0 aliphatic heterocycles. The van der Waals surface area contributed by atoms with E-state index in [1.807, 2.05) is 55.5 Å². The second-order valence-electron chi connectivity index (χ2n) is 7.53. The molecule has 0 N–H and O–H groups in total. The summed E-state index contributed by atoms with van der Waals surface area (Å²) in [5.74, 6) is 1.33. The molecule has 34 heavy (non-hydrogen) atoms. The van der Waals surface area contributed by atoms with Crippen LogP contribution < -0.4 is 10.3 Å². The van der Waals surface area contributed by atoms with Crippen LogP contribution in [0, 0.1) is 0 Å². The fourth-order valence-electron chi connectivity index (χ4n) is 3.35. The normalized spacial score (nSPS) is 11.4. The predicted octanol–water partition coefficient (Wildman–Crippen LogP) is 7.86. The smallest absolute Gasteiger partial charge is 0.282 e. The minimum absolute atomic E-state index is 0.196. The third kappa shape index (κ3) is 5.87. The van der Waals surface area contributed by atoms with Gasteiger partial charge >= 0.3 is 0 Å². The minimum Gasteiger partial charge on any atom is -0.487 e. The van der Waals surface area contributed by atoms with Crippen LogP contribution in [0.2, 0.25) is 0 Å². The number of nitrogens with zero attached hydrogens (tertiary/aromatic N) is 3. The lowest BCUT2D eigenvalue weighted by Gasteiger charge is -2.12. The van der Waals surface area contributed by atoms with Crippen LogP contribution in [0.4, 0.5) is 0 Å².